The van der Waals surface area contributed by atoms with E-state index in [1.54, 1.807) is 13.8 Å². The van der Waals surface area contributed by atoms with E-state index in [4.69, 9.17) is 5.73 Å². The molecule has 0 aliphatic rings. The lowest BCUT2D eigenvalue weighted by Gasteiger charge is -2.08. The summed E-state index contributed by atoms with van der Waals surface area (Å²) in [6, 6.07) is 4.06. The monoisotopic (exact) mass is 231 g/mol. The van der Waals surface area contributed by atoms with Crippen molar-refractivity contribution in [3.05, 3.63) is 29.6 Å². The van der Waals surface area contributed by atoms with Crippen molar-refractivity contribution >= 4 is 15.5 Å². The van der Waals surface area contributed by atoms with Crippen LogP contribution in [0.15, 0.2) is 18.2 Å². The second-order valence-corrected chi connectivity index (χ2v) is 6.27. The molecule has 0 unspecified atom stereocenters. The maximum atomic E-state index is 13.0. The van der Waals surface area contributed by atoms with Gasteiger partial charge in [-0.2, -0.15) is 0 Å². The average Bonchev–Trinajstić information content (AvgIpc) is 2.10. The quantitative estimate of drug-likeness (QED) is 0.806. The first-order valence-corrected chi connectivity index (χ1v) is 6.30. The van der Waals surface area contributed by atoms with Crippen LogP contribution in [-0.4, -0.2) is 13.7 Å². The van der Waals surface area contributed by atoms with Gasteiger partial charge in [0.1, 0.15) is 5.82 Å². The summed E-state index contributed by atoms with van der Waals surface area (Å²) in [5.41, 5.74) is 5.74. The third-order valence-corrected chi connectivity index (χ3v) is 4.32. The van der Waals surface area contributed by atoms with E-state index in [-0.39, 0.29) is 11.4 Å². The molecule has 0 radical (unpaired) electrons. The Labute approximate surface area is 89.0 Å². The molecule has 0 aliphatic heterocycles. The van der Waals surface area contributed by atoms with Gasteiger partial charge >= 0.3 is 0 Å². The molecule has 15 heavy (non-hydrogen) atoms. The minimum Gasteiger partial charge on any atom is -0.396 e. The van der Waals surface area contributed by atoms with Gasteiger partial charge in [-0.25, -0.2) is 12.8 Å². The van der Waals surface area contributed by atoms with Gasteiger partial charge in [0.25, 0.3) is 0 Å². The number of hydrogen-bond acceptors (Lipinski definition) is 3. The summed E-state index contributed by atoms with van der Waals surface area (Å²) in [5, 5.41) is -0.460. The SMILES string of the molecule is CC(C)S(=O)(=O)Cc1ccc(N)c(F)c1. The number of benzene rings is 1. The first kappa shape index (κ1) is 12.0. The highest BCUT2D eigenvalue weighted by Gasteiger charge is 2.17. The average molecular weight is 231 g/mol. The van der Waals surface area contributed by atoms with Crippen LogP contribution in [0.25, 0.3) is 0 Å². The van der Waals surface area contributed by atoms with Crippen LogP contribution >= 0.6 is 0 Å². The maximum Gasteiger partial charge on any atom is 0.156 e. The highest BCUT2D eigenvalue weighted by Crippen LogP contribution is 2.16. The molecule has 0 bridgehead atoms. The van der Waals surface area contributed by atoms with Crippen LogP contribution in [0.5, 0.6) is 0 Å². The predicted octanol–water partition coefficient (Wildman–Crippen LogP) is 1.73. The molecule has 84 valence electrons. The van der Waals surface area contributed by atoms with Crippen molar-refractivity contribution in [1.82, 2.24) is 0 Å². The number of halogens is 1. The van der Waals surface area contributed by atoms with Crippen LogP contribution in [0.3, 0.4) is 0 Å². The van der Waals surface area contributed by atoms with E-state index in [9.17, 15) is 12.8 Å². The summed E-state index contributed by atoms with van der Waals surface area (Å²) in [4.78, 5) is 0. The van der Waals surface area contributed by atoms with Crippen molar-refractivity contribution in [1.29, 1.82) is 0 Å². The van der Waals surface area contributed by atoms with Crippen LogP contribution in [0, 0.1) is 5.82 Å². The summed E-state index contributed by atoms with van der Waals surface area (Å²) >= 11 is 0. The Morgan fingerprint density at radius 1 is 1.40 bits per heavy atom. The summed E-state index contributed by atoms with van der Waals surface area (Å²) < 4.78 is 36.1. The van der Waals surface area contributed by atoms with E-state index >= 15 is 0 Å². The molecule has 1 aromatic carbocycles. The zero-order valence-corrected chi connectivity index (χ0v) is 9.51. The van der Waals surface area contributed by atoms with Crippen molar-refractivity contribution in [2.45, 2.75) is 24.9 Å². The molecule has 0 aliphatic carbocycles. The molecular weight excluding hydrogens is 217 g/mol. The number of nitrogen functional groups attached to an aromatic ring is 1. The third-order valence-electron chi connectivity index (χ3n) is 2.15. The zero-order valence-electron chi connectivity index (χ0n) is 8.70. The lowest BCUT2D eigenvalue weighted by atomic mass is 10.2. The lowest BCUT2D eigenvalue weighted by Crippen LogP contribution is -2.16. The van der Waals surface area contributed by atoms with Crippen molar-refractivity contribution in [3.63, 3.8) is 0 Å². The summed E-state index contributed by atoms with van der Waals surface area (Å²) in [6.07, 6.45) is 0. The van der Waals surface area contributed by atoms with Gasteiger partial charge in [0.2, 0.25) is 0 Å². The topological polar surface area (TPSA) is 60.2 Å². The number of anilines is 1. The molecule has 0 spiro atoms. The molecule has 1 aromatic rings. The maximum absolute atomic E-state index is 13.0. The summed E-state index contributed by atoms with van der Waals surface area (Å²) in [6.45, 7) is 3.20. The van der Waals surface area contributed by atoms with Gasteiger partial charge in [-0.3, -0.25) is 0 Å². The summed E-state index contributed by atoms with van der Waals surface area (Å²) in [5.74, 6) is -0.728. The van der Waals surface area contributed by atoms with E-state index in [1.807, 2.05) is 0 Å². The zero-order chi connectivity index (χ0) is 11.6. The minimum absolute atomic E-state index is 0.0284. The molecule has 0 amide bonds. The molecular formula is C10H14FNO2S. The van der Waals surface area contributed by atoms with E-state index < -0.39 is 20.9 Å². The van der Waals surface area contributed by atoms with Crippen LogP contribution < -0.4 is 5.73 Å². The Bertz CT molecular complexity index is 454. The molecule has 0 aromatic heterocycles. The second-order valence-electron chi connectivity index (χ2n) is 3.71. The Hall–Kier alpha value is -1.10. The molecule has 2 N–H and O–H groups in total. The van der Waals surface area contributed by atoms with E-state index in [1.165, 1.54) is 12.1 Å². The smallest absolute Gasteiger partial charge is 0.156 e. The molecule has 1 rings (SSSR count). The molecule has 0 saturated carbocycles. The number of hydrogen-bond donors (Lipinski definition) is 1. The number of nitrogens with two attached hydrogens (primary N) is 1. The molecule has 0 fully saturated rings. The first-order chi connectivity index (χ1) is 6.83. The third kappa shape index (κ3) is 2.92. The van der Waals surface area contributed by atoms with Crippen molar-refractivity contribution in [2.75, 3.05) is 5.73 Å². The number of rotatable bonds is 3. The van der Waals surface area contributed by atoms with Crippen molar-refractivity contribution in [3.8, 4) is 0 Å². The Morgan fingerprint density at radius 2 is 2.00 bits per heavy atom. The fourth-order valence-electron chi connectivity index (χ4n) is 1.06. The van der Waals surface area contributed by atoms with Gasteiger partial charge in [0.05, 0.1) is 16.7 Å². The molecule has 5 heteroatoms. The van der Waals surface area contributed by atoms with Crippen molar-refractivity contribution < 1.29 is 12.8 Å². The van der Waals surface area contributed by atoms with Gasteiger partial charge in [0, 0.05) is 0 Å². The van der Waals surface area contributed by atoms with Gasteiger partial charge in [0.15, 0.2) is 9.84 Å². The molecule has 0 atom stereocenters. The highest BCUT2D eigenvalue weighted by atomic mass is 32.2. The standard InChI is InChI=1S/C10H14FNO2S/c1-7(2)15(13,14)6-8-3-4-10(12)9(11)5-8/h3-5,7H,6,12H2,1-2H3. The van der Waals surface area contributed by atoms with Crippen molar-refractivity contribution in [2.24, 2.45) is 0 Å². The van der Waals surface area contributed by atoms with Crippen LogP contribution in [-0.2, 0) is 15.6 Å². The van der Waals surface area contributed by atoms with Gasteiger partial charge in [-0.15, -0.1) is 0 Å². The van der Waals surface area contributed by atoms with Gasteiger partial charge in [-0.1, -0.05) is 6.07 Å². The lowest BCUT2D eigenvalue weighted by molar-refractivity contribution is 0.586. The Morgan fingerprint density at radius 3 is 2.47 bits per heavy atom. The van der Waals surface area contributed by atoms with E-state index in [0.29, 0.717) is 5.56 Å². The summed E-state index contributed by atoms with van der Waals surface area (Å²) in [7, 11) is -3.19. The normalized spacial score (nSPS) is 12.0. The number of sulfone groups is 1. The molecule has 3 nitrogen and oxygen atoms in total. The fraction of sp³-hybridized carbons (Fsp3) is 0.400. The van der Waals surface area contributed by atoms with Crippen LogP contribution in [0.1, 0.15) is 19.4 Å². The second kappa shape index (κ2) is 4.18. The highest BCUT2D eigenvalue weighted by molar-refractivity contribution is 7.91. The van der Waals surface area contributed by atoms with E-state index in [2.05, 4.69) is 0 Å². The largest absolute Gasteiger partial charge is 0.396 e. The Kier molecular flexibility index (Phi) is 3.34. The van der Waals surface area contributed by atoms with E-state index in [0.717, 1.165) is 6.07 Å². The molecule has 0 saturated heterocycles. The van der Waals surface area contributed by atoms with Gasteiger partial charge < -0.3 is 5.73 Å². The first-order valence-electron chi connectivity index (χ1n) is 4.58. The minimum atomic E-state index is -3.19. The predicted molar refractivity (Wildman–Crippen MR) is 58.6 cm³/mol. The van der Waals surface area contributed by atoms with Gasteiger partial charge in [-0.05, 0) is 31.5 Å². The van der Waals surface area contributed by atoms with Crippen LogP contribution in [0.2, 0.25) is 0 Å². The van der Waals surface area contributed by atoms with Crippen LogP contribution in [0.4, 0.5) is 10.1 Å². The fourth-order valence-corrected chi connectivity index (χ4v) is 2.04. The Balaban J connectivity index is 2.96. The molecule has 0 heterocycles.